The molecular formula is C26H39F2N5O5. The number of ether oxygens (including phenoxy) is 2. The highest BCUT2D eigenvalue weighted by Crippen LogP contribution is 2.27. The van der Waals surface area contributed by atoms with Gasteiger partial charge in [-0.15, -0.1) is 4.99 Å². The first-order valence-corrected chi connectivity index (χ1v) is 12.3. The zero-order valence-electron chi connectivity index (χ0n) is 23.9. The summed E-state index contributed by atoms with van der Waals surface area (Å²) in [4.78, 5) is 48.0. The molecule has 0 bridgehead atoms. The maximum absolute atomic E-state index is 15.5. The van der Waals surface area contributed by atoms with E-state index in [2.05, 4.69) is 4.99 Å². The van der Waals surface area contributed by atoms with Crippen LogP contribution >= 0.6 is 0 Å². The molecule has 0 atom stereocenters. The second-order valence-corrected chi connectivity index (χ2v) is 11.5. The highest BCUT2D eigenvalue weighted by Gasteiger charge is 2.36. The average molecular weight is 540 g/mol. The number of hydrogen-bond donors (Lipinski definition) is 0. The van der Waals surface area contributed by atoms with Crippen molar-refractivity contribution in [3.8, 4) is 0 Å². The van der Waals surface area contributed by atoms with Gasteiger partial charge in [0.15, 0.2) is 0 Å². The summed E-state index contributed by atoms with van der Waals surface area (Å²) in [6, 6.07) is 2.08. The number of nitrogens with zero attached hydrogens (tertiary/aromatic N) is 5. The minimum absolute atomic E-state index is 0.00681. The monoisotopic (exact) mass is 539 g/mol. The van der Waals surface area contributed by atoms with Gasteiger partial charge in [-0.3, -0.25) is 0 Å². The van der Waals surface area contributed by atoms with E-state index in [-0.39, 0.29) is 36.5 Å². The van der Waals surface area contributed by atoms with Gasteiger partial charge in [0.25, 0.3) is 0 Å². The van der Waals surface area contributed by atoms with E-state index in [0.29, 0.717) is 0 Å². The number of aliphatic imine (C=N–C) groups is 1. The second-order valence-electron chi connectivity index (χ2n) is 11.5. The quantitative estimate of drug-likeness (QED) is 0.381. The third-order valence-electron chi connectivity index (χ3n) is 5.25. The maximum Gasteiger partial charge on any atom is 0.437 e. The minimum Gasteiger partial charge on any atom is -0.443 e. The first kappa shape index (κ1) is 30.8. The van der Waals surface area contributed by atoms with Crippen molar-refractivity contribution in [3.63, 3.8) is 0 Å². The van der Waals surface area contributed by atoms with Gasteiger partial charge in [-0.1, -0.05) is 19.9 Å². The van der Waals surface area contributed by atoms with Crippen LogP contribution < -0.4 is 0 Å². The Kier molecular flexibility index (Phi) is 9.34. The molecule has 0 N–H and O–H groups in total. The molecule has 1 aliphatic heterocycles. The summed E-state index contributed by atoms with van der Waals surface area (Å²) in [5, 5.41) is 0. The zero-order chi connectivity index (χ0) is 29.2. The molecule has 1 aromatic carbocycles. The van der Waals surface area contributed by atoms with Crippen LogP contribution in [0.3, 0.4) is 0 Å². The molecule has 1 heterocycles. The Labute approximate surface area is 223 Å². The lowest BCUT2D eigenvalue weighted by atomic mass is 9.99. The van der Waals surface area contributed by atoms with Crippen molar-refractivity contribution in [2.24, 2.45) is 4.99 Å². The van der Waals surface area contributed by atoms with E-state index >= 15 is 4.39 Å². The third-order valence-corrected chi connectivity index (χ3v) is 5.25. The largest absolute Gasteiger partial charge is 0.443 e. The van der Waals surface area contributed by atoms with E-state index in [1.54, 1.807) is 69.5 Å². The number of halogens is 2. The van der Waals surface area contributed by atoms with Crippen molar-refractivity contribution in [1.82, 2.24) is 19.6 Å². The van der Waals surface area contributed by atoms with Gasteiger partial charge >= 0.3 is 18.2 Å². The second kappa shape index (κ2) is 11.5. The van der Waals surface area contributed by atoms with Crippen molar-refractivity contribution < 1.29 is 32.6 Å². The van der Waals surface area contributed by atoms with Crippen LogP contribution in [0.1, 0.15) is 72.4 Å². The van der Waals surface area contributed by atoms with Gasteiger partial charge in [-0.2, -0.15) is 0 Å². The van der Waals surface area contributed by atoms with E-state index in [1.165, 1.54) is 20.8 Å². The van der Waals surface area contributed by atoms with Crippen LogP contribution in [-0.4, -0.2) is 82.4 Å². The van der Waals surface area contributed by atoms with Crippen molar-refractivity contribution in [3.05, 3.63) is 34.9 Å². The molecule has 4 amide bonds. The highest BCUT2D eigenvalue weighted by atomic mass is 19.1. The number of amides is 4. The molecule has 1 saturated heterocycles. The summed E-state index contributed by atoms with van der Waals surface area (Å²) in [5.41, 5.74) is -1.96. The van der Waals surface area contributed by atoms with Crippen molar-refractivity contribution in [1.29, 1.82) is 0 Å². The van der Waals surface area contributed by atoms with Crippen molar-refractivity contribution >= 4 is 24.2 Å². The van der Waals surface area contributed by atoms with Gasteiger partial charge in [0.1, 0.15) is 22.8 Å². The van der Waals surface area contributed by atoms with E-state index in [0.717, 1.165) is 11.0 Å². The standard InChI is InChI=1S/C26H39F2N5O5/c1-16(2)19-18(27)12-11-17(20(19)28)13-33(24(36)38-26(6,7)8)21(29-22(34)37-25(3,4)5)32-14-30(9)23(35)31(10)15-32/h11-12,16H,13-15H2,1-10H3. The summed E-state index contributed by atoms with van der Waals surface area (Å²) in [6.07, 6.45) is -1.91. The number of carbonyl (C=O) groups is 3. The van der Waals surface area contributed by atoms with E-state index in [4.69, 9.17) is 9.47 Å². The fraction of sp³-hybridized carbons (Fsp3) is 0.615. The Balaban J connectivity index is 2.69. The molecule has 12 heteroatoms. The predicted molar refractivity (Wildman–Crippen MR) is 138 cm³/mol. The van der Waals surface area contributed by atoms with E-state index < -0.39 is 47.5 Å². The molecule has 10 nitrogen and oxygen atoms in total. The van der Waals surface area contributed by atoms with Gasteiger partial charge < -0.3 is 24.2 Å². The predicted octanol–water partition coefficient (Wildman–Crippen LogP) is 5.33. The molecule has 0 aliphatic carbocycles. The fourth-order valence-electron chi connectivity index (χ4n) is 3.73. The molecule has 0 spiro atoms. The molecule has 38 heavy (non-hydrogen) atoms. The van der Waals surface area contributed by atoms with Crippen LogP contribution in [0.15, 0.2) is 17.1 Å². The maximum atomic E-state index is 15.5. The van der Waals surface area contributed by atoms with Crippen LogP contribution in [0.25, 0.3) is 0 Å². The summed E-state index contributed by atoms with van der Waals surface area (Å²) in [7, 11) is 3.09. The smallest absolute Gasteiger partial charge is 0.437 e. The first-order chi connectivity index (χ1) is 17.3. The number of urea groups is 1. The van der Waals surface area contributed by atoms with Crippen LogP contribution in [0.5, 0.6) is 0 Å². The number of carbonyl (C=O) groups excluding carboxylic acids is 3. The fourth-order valence-corrected chi connectivity index (χ4v) is 3.73. The first-order valence-electron chi connectivity index (χ1n) is 12.3. The topological polar surface area (TPSA) is 95.0 Å². The molecule has 2 rings (SSSR count). The third kappa shape index (κ3) is 8.03. The molecule has 1 aliphatic rings. The van der Waals surface area contributed by atoms with Gasteiger partial charge in [0.05, 0.1) is 19.9 Å². The van der Waals surface area contributed by atoms with Crippen LogP contribution in [0.4, 0.5) is 23.2 Å². The Bertz CT molecular complexity index is 1080. The van der Waals surface area contributed by atoms with E-state index in [9.17, 15) is 18.8 Å². The van der Waals surface area contributed by atoms with Crippen molar-refractivity contribution in [2.75, 3.05) is 27.4 Å². The lowest BCUT2D eigenvalue weighted by Crippen LogP contribution is -2.60. The summed E-state index contributed by atoms with van der Waals surface area (Å²) < 4.78 is 40.8. The molecule has 212 valence electrons. The minimum atomic E-state index is -0.995. The molecule has 0 saturated carbocycles. The zero-order valence-corrected chi connectivity index (χ0v) is 23.9. The molecule has 0 radical (unpaired) electrons. The van der Waals surface area contributed by atoms with Gasteiger partial charge in [-0.05, 0) is 53.5 Å². The lowest BCUT2D eigenvalue weighted by molar-refractivity contribution is 0.0299. The molecule has 0 unspecified atom stereocenters. The number of rotatable bonds is 3. The molecule has 0 aromatic heterocycles. The summed E-state index contributed by atoms with van der Waals surface area (Å²) >= 11 is 0. The van der Waals surface area contributed by atoms with E-state index in [1.807, 2.05) is 0 Å². The molecule has 1 aromatic rings. The van der Waals surface area contributed by atoms with Crippen molar-refractivity contribution in [2.45, 2.75) is 79.1 Å². The number of hydrogen-bond acceptors (Lipinski definition) is 5. The SMILES string of the molecule is CC(C)c1c(F)ccc(CN(C(=O)OC(C)(C)C)C(=NC(=O)OC(C)(C)C)N2CN(C)C(=O)N(C)C2)c1F. The molecule has 1 fully saturated rings. The normalized spacial score (nSPS) is 15.2. The highest BCUT2D eigenvalue weighted by molar-refractivity contribution is 5.99. The lowest BCUT2D eigenvalue weighted by Gasteiger charge is -2.42. The van der Waals surface area contributed by atoms with Gasteiger partial charge in [0, 0.05) is 25.2 Å². The number of guanidine groups is 1. The average Bonchev–Trinajstić information content (AvgIpc) is 2.72. The van der Waals surface area contributed by atoms with Crippen LogP contribution in [-0.2, 0) is 16.0 Å². The Hall–Kier alpha value is -3.44. The van der Waals surface area contributed by atoms with Crippen LogP contribution in [0, 0.1) is 11.6 Å². The Morgan fingerprint density at radius 2 is 1.53 bits per heavy atom. The van der Waals surface area contributed by atoms with Gasteiger partial charge in [0.2, 0.25) is 5.96 Å². The van der Waals surface area contributed by atoms with Crippen LogP contribution in [0.2, 0.25) is 0 Å². The summed E-state index contributed by atoms with van der Waals surface area (Å²) in [6.45, 7) is 12.8. The molecular weight excluding hydrogens is 500 g/mol. The Morgan fingerprint density at radius 3 is 2.00 bits per heavy atom. The van der Waals surface area contributed by atoms with Gasteiger partial charge in [-0.25, -0.2) is 28.1 Å². The summed E-state index contributed by atoms with van der Waals surface area (Å²) in [5.74, 6) is -2.19. The Morgan fingerprint density at radius 1 is 1.00 bits per heavy atom. The number of benzene rings is 1.